The molecule has 1 fully saturated rings. The lowest BCUT2D eigenvalue weighted by Gasteiger charge is -2.31. The normalized spacial score (nSPS) is 22.0. The van der Waals surface area contributed by atoms with Gasteiger partial charge in [-0.3, -0.25) is 0 Å². The van der Waals surface area contributed by atoms with E-state index in [2.05, 4.69) is 12.2 Å². The summed E-state index contributed by atoms with van der Waals surface area (Å²) in [7, 11) is 0. The number of urea groups is 1. The zero-order chi connectivity index (χ0) is 12.8. The fourth-order valence-electron chi connectivity index (χ4n) is 2.00. The van der Waals surface area contributed by atoms with Crippen LogP contribution in [0.15, 0.2) is 0 Å². The van der Waals surface area contributed by atoms with Crippen LogP contribution in [0.25, 0.3) is 0 Å². The molecule has 2 atom stereocenters. The highest BCUT2D eigenvalue weighted by atomic mass is 16.4. The predicted molar refractivity (Wildman–Crippen MR) is 61.6 cm³/mol. The number of hydrogen-bond acceptors (Lipinski definition) is 3. The smallest absolute Gasteiger partial charge is 0.326 e. The Labute approximate surface area is 101 Å². The van der Waals surface area contributed by atoms with E-state index in [1.165, 1.54) is 0 Å². The first-order valence-corrected chi connectivity index (χ1v) is 5.93. The summed E-state index contributed by atoms with van der Waals surface area (Å²) in [6.07, 6.45) is 2.08. The second-order valence-electron chi connectivity index (χ2n) is 4.55. The van der Waals surface area contributed by atoms with Crippen molar-refractivity contribution in [1.82, 2.24) is 10.2 Å². The maximum atomic E-state index is 11.8. The molecule has 0 saturated carbocycles. The molecule has 1 heterocycles. The molecule has 1 rings (SSSR count). The third-order valence-corrected chi connectivity index (χ3v) is 2.96. The van der Waals surface area contributed by atoms with Crippen LogP contribution >= 0.6 is 0 Å². The van der Waals surface area contributed by atoms with Crippen LogP contribution in [0.1, 0.15) is 26.2 Å². The van der Waals surface area contributed by atoms with Crippen molar-refractivity contribution in [2.24, 2.45) is 5.92 Å². The zero-order valence-corrected chi connectivity index (χ0v) is 10.1. The molecule has 2 amide bonds. The molecule has 1 saturated heterocycles. The van der Waals surface area contributed by atoms with E-state index in [-0.39, 0.29) is 19.1 Å². The monoisotopic (exact) mass is 244 g/mol. The molecule has 6 heteroatoms. The van der Waals surface area contributed by atoms with E-state index >= 15 is 0 Å². The van der Waals surface area contributed by atoms with Gasteiger partial charge in [0.15, 0.2) is 0 Å². The number of hydrogen-bond donors (Lipinski definition) is 3. The molecule has 0 spiro atoms. The number of nitrogens with one attached hydrogen (secondary N) is 1. The Hall–Kier alpha value is -1.30. The van der Waals surface area contributed by atoms with Gasteiger partial charge in [0.2, 0.25) is 0 Å². The van der Waals surface area contributed by atoms with E-state index in [1.54, 1.807) is 4.90 Å². The highest BCUT2D eigenvalue weighted by molar-refractivity contribution is 5.82. The van der Waals surface area contributed by atoms with Gasteiger partial charge in [-0.1, -0.05) is 6.92 Å². The Kier molecular flexibility index (Phi) is 5.21. The number of amides is 2. The van der Waals surface area contributed by atoms with Crippen LogP contribution in [0.5, 0.6) is 0 Å². The van der Waals surface area contributed by atoms with Crippen molar-refractivity contribution in [1.29, 1.82) is 0 Å². The molecule has 0 aliphatic carbocycles. The lowest BCUT2D eigenvalue weighted by molar-refractivity contribution is -0.139. The summed E-state index contributed by atoms with van der Waals surface area (Å²) in [6.45, 7) is 3.15. The van der Waals surface area contributed by atoms with Crippen LogP contribution in [0, 0.1) is 5.92 Å². The van der Waals surface area contributed by atoms with Gasteiger partial charge in [-0.25, -0.2) is 9.59 Å². The van der Waals surface area contributed by atoms with E-state index < -0.39 is 12.0 Å². The number of aliphatic hydroxyl groups excluding tert-OH is 1. The summed E-state index contributed by atoms with van der Waals surface area (Å²) in [4.78, 5) is 24.3. The van der Waals surface area contributed by atoms with E-state index in [1.807, 2.05) is 0 Å². The lowest BCUT2D eigenvalue weighted by atomic mass is 10.0. The van der Waals surface area contributed by atoms with Gasteiger partial charge in [0.1, 0.15) is 6.04 Å². The maximum Gasteiger partial charge on any atom is 0.326 e. The Morgan fingerprint density at radius 1 is 1.53 bits per heavy atom. The van der Waals surface area contributed by atoms with Crippen molar-refractivity contribution >= 4 is 12.0 Å². The third kappa shape index (κ3) is 4.22. The minimum atomic E-state index is -1.11. The minimum absolute atomic E-state index is 0.0322. The molecule has 1 aliphatic heterocycles. The first kappa shape index (κ1) is 13.8. The van der Waals surface area contributed by atoms with Gasteiger partial charge in [-0.05, 0) is 18.8 Å². The predicted octanol–water partition coefficient (Wildman–Crippen LogP) is 0.263. The number of rotatable bonds is 4. The fraction of sp³-hybridized carbons (Fsp3) is 0.818. The average Bonchev–Trinajstić information content (AvgIpc) is 2.28. The lowest BCUT2D eigenvalue weighted by Crippen LogP contribution is -2.50. The summed E-state index contributed by atoms with van der Waals surface area (Å²) in [5, 5.41) is 20.0. The van der Waals surface area contributed by atoms with Gasteiger partial charge in [0, 0.05) is 26.1 Å². The molecule has 3 N–H and O–H groups in total. The van der Waals surface area contributed by atoms with Gasteiger partial charge in [0.05, 0.1) is 0 Å². The van der Waals surface area contributed by atoms with Crippen LogP contribution in [0.3, 0.4) is 0 Å². The third-order valence-electron chi connectivity index (χ3n) is 2.96. The van der Waals surface area contributed by atoms with Crippen molar-refractivity contribution in [3.63, 3.8) is 0 Å². The number of aliphatic carboxylic acids is 1. The molecule has 0 aromatic heterocycles. The molecule has 98 valence electrons. The van der Waals surface area contributed by atoms with Gasteiger partial charge >= 0.3 is 12.0 Å². The summed E-state index contributed by atoms with van der Waals surface area (Å²) in [6, 6.07) is -1.36. The van der Waals surface area contributed by atoms with E-state index in [0.29, 0.717) is 19.0 Å². The van der Waals surface area contributed by atoms with Crippen LogP contribution in [-0.4, -0.2) is 52.9 Å². The molecule has 1 unspecified atom stereocenters. The fourth-order valence-corrected chi connectivity index (χ4v) is 2.00. The number of piperidine rings is 1. The number of carboxylic acids is 1. The summed E-state index contributed by atoms with van der Waals surface area (Å²) in [5.41, 5.74) is 0. The van der Waals surface area contributed by atoms with Crippen LogP contribution in [0.2, 0.25) is 0 Å². The minimum Gasteiger partial charge on any atom is -0.480 e. The van der Waals surface area contributed by atoms with E-state index in [4.69, 9.17) is 10.2 Å². The SMILES string of the molecule is CC1CCCN(C(=O)N[C@H](CCO)C(=O)O)C1. The van der Waals surface area contributed by atoms with Crippen molar-refractivity contribution in [2.45, 2.75) is 32.2 Å². The van der Waals surface area contributed by atoms with Crippen LogP contribution < -0.4 is 5.32 Å². The average molecular weight is 244 g/mol. The number of carbonyl (C=O) groups is 2. The summed E-state index contributed by atoms with van der Waals surface area (Å²) < 4.78 is 0. The molecular weight excluding hydrogens is 224 g/mol. The Bertz CT molecular complexity index is 283. The molecule has 0 aromatic rings. The van der Waals surface area contributed by atoms with Gasteiger partial charge in [-0.15, -0.1) is 0 Å². The highest BCUT2D eigenvalue weighted by Gasteiger charge is 2.25. The Morgan fingerprint density at radius 2 is 2.24 bits per heavy atom. The zero-order valence-electron chi connectivity index (χ0n) is 10.1. The molecule has 17 heavy (non-hydrogen) atoms. The number of nitrogens with zero attached hydrogens (tertiary/aromatic N) is 1. The maximum absolute atomic E-state index is 11.8. The molecule has 6 nitrogen and oxygen atoms in total. The second-order valence-corrected chi connectivity index (χ2v) is 4.55. The Morgan fingerprint density at radius 3 is 2.76 bits per heavy atom. The number of aliphatic hydroxyl groups is 1. The largest absolute Gasteiger partial charge is 0.480 e. The molecule has 0 radical (unpaired) electrons. The van der Waals surface area contributed by atoms with E-state index in [0.717, 1.165) is 12.8 Å². The van der Waals surface area contributed by atoms with Gasteiger partial charge < -0.3 is 20.4 Å². The summed E-state index contributed by atoms with van der Waals surface area (Å²) in [5.74, 6) is -0.659. The second kappa shape index (κ2) is 6.44. The van der Waals surface area contributed by atoms with Crippen molar-refractivity contribution in [3.05, 3.63) is 0 Å². The first-order valence-electron chi connectivity index (χ1n) is 5.93. The van der Waals surface area contributed by atoms with Crippen molar-refractivity contribution in [3.8, 4) is 0 Å². The molecule has 1 aliphatic rings. The first-order chi connectivity index (χ1) is 8.04. The van der Waals surface area contributed by atoms with Gasteiger partial charge in [-0.2, -0.15) is 0 Å². The number of carboxylic acid groups (broad SMARTS) is 1. The highest BCUT2D eigenvalue weighted by Crippen LogP contribution is 2.15. The van der Waals surface area contributed by atoms with Gasteiger partial charge in [0.25, 0.3) is 0 Å². The Balaban J connectivity index is 2.48. The topological polar surface area (TPSA) is 89.9 Å². The quantitative estimate of drug-likeness (QED) is 0.662. The van der Waals surface area contributed by atoms with E-state index in [9.17, 15) is 9.59 Å². The summed E-state index contributed by atoms with van der Waals surface area (Å²) >= 11 is 0. The number of carbonyl (C=O) groups excluding carboxylic acids is 1. The van der Waals surface area contributed by atoms with Crippen molar-refractivity contribution < 1.29 is 19.8 Å². The number of likely N-dealkylation sites (tertiary alicyclic amines) is 1. The van der Waals surface area contributed by atoms with Crippen LogP contribution in [-0.2, 0) is 4.79 Å². The molecular formula is C11H20N2O4. The van der Waals surface area contributed by atoms with Crippen molar-refractivity contribution in [2.75, 3.05) is 19.7 Å². The molecule has 0 bridgehead atoms. The van der Waals surface area contributed by atoms with Crippen LogP contribution in [0.4, 0.5) is 4.79 Å². The standard InChI is InChI=1S/C11H20N2O4/c1-8-3-2-5-13(7-8)11(17)12-9(4-6-14)10(15)16/h8-9,14H,2-7H2,1H3,(H,12,17)(H,15,16)/t8?,9-/m1/s1. The molecule has 0 aromatic carbocycles.